The van der Waals surface area contributed by atoms with E-state index in [1.165, 1.54) is 0 Å². The monoisotopic (exact) mass is 175 g/mol. The van der Waals surface area contributed by atoms with Crippen LogP contribution in [0.2, 0.25) is 0 Å². The van der Waals surface area contributed by atoms with Gasteiger partial charge in [-0.05, 0) is 0 Å². The van der Waals surface area contributed by atoms with Gasteiger partial charge in [0.05, 0.1) is 0 Å². The van der Waals surface area contributed by atoms with Crippen molar-refractivity contribution in [2.75, 3.05) is 0 Å². The second kappa shape index (κ2) is 3.46. The number of hydrogen-bond donors (Lipinski definition) is 2. The van der Waals surface area contributed by atoms with Crippen molar-refractivity contribution < 1.29 is 23.5 Å². The van der Waals surface area contributed by atoms with E-state index in [-0.39, 0.29) is 5.75 Å². The molecule has 1 rings (SSSR count). The van der Waals surface area contributed by atoms with Crippen molar-refractivity contribution in [1.29, 1.82) is 0 Å². The van der Waals surface area contributed by atoms with Crippen LogP contribution in [0.3, 0.4) is 0 Å². The Labute approximate surface area is 66.6 Å². The zero-order valence-electron chi connectivity index (χ0n) is 5.74. The van der Waals surface area contributed by atoms with Crippen molar-refractivity contribution in [2.45, 2.75) is 0 Å². The maximum absolute atomic E-state index is 12.3. The van der Waals surface area contributed by atoms with E-state index in [0.29, 0.717) is 0 Å². The molecule has 0 aliphatic carbocycles. The lowest BCUT2D eigenvalue weighted by molar-refractivity contribution is 0.286. The summed E-state index contributed by atoms with van der Waals surface area (Å²) in [4.78, 5) is 2.76. The Morgan fingerprint density at radius 2 is 1.75 bits per heavy atom. The lowest BCUT2D eigenvalue weighted by Gasteiger charge is -2.03. The Bertz CT molecular complexity index is 263. The van der Waals surface area contributed by atoms with Crippen LogP contribution in [0.15, 0.2) is 12.1 Å². The Morgan fingerprint density at radius 1 is 1.25 bits per heavy atom. The first-order valence-electron chi connectivity index (χ1n) is 2.94. The van der Waals surface area contributed by atoms with Gasteiger partial charge in [0.1, 0.15) is 5.75 Å². The quantitative estimate of drug-likeness (QED) is 0.478. The van der Waals surface area contributed by atoms with Crippen LogP contribution in [0.1, 0.15) is 0 Å². The Hall–Kier alpha value is -1.21. The third-order valence-electron chi connectivity index (χ3n) is 0.978. The van der Waals surface area contributed by atoms with Crippen LogP contribution in [0.25, 0.3) is 0 Å². The summed E-state index contributed by atoms with van der Waals surface area (Å²) in [5, 5.41) is 16.5. The van der Waals surface area contributed by atoms with Gasteiger partial charge in [0.15, 0.2) is 0 Å². The highest BCUT2D eigenvalue weighted by Gasteiger charge is 2.12. The van der Waals surface area contributed by atoms with E-state index in [1.807, 2.05) is 0 Å². The highest BCUT2D eigenvalue weighted by molar-refractivity contribution is 6.33. The number of hydrogen-bond acceptors (Lipinski definition) is 4. The van der Waals surface area contributed by atoms with Crippen molar-refractivity contribution in [2.24, 2.45) is 0 Å². The molecular weight excluding hydrogens is 171 g/mol. The van der Waals surface area contributed by atoms with Gasteiger partial charge < -0.3 is 14.7 Å². The SMILES string of the molecule is OB(O)Oc1cc(F)nc(F)c1. The first-order valence-corrected chi connectivity index (χ1v) is 2.94. The van der Waals surface area contributed by atoms with Crippen LogP contribution >= 0.6 is 0 Å². The molecule has 1 aromatic heterocycles. The lowest BCUT2D eigenvalue weighted by Crippen LogP contribution is -2.20. The van der Waals surface area contributed by atoms with Crippen LogP contribution in [0.4, 0.5) is 8.78 Å². The van der Waals surface area contributed by atoms with E-state index in [9.17, 15) is 8.78 Å². The van der Waals surface area contributed by atoms with Crippen LogP contribution in [0, 0.1) is 11.9 Å². The molecule has 2 N–H and O–H groups in total. The van der Waals surface area contributed by atoms with Crippen molar-refractivity contribution in [1.82, 2.24) is 4.98 Å². The smallest absolute Gasteiger partial charge is 0.512 e. The second-order valence-electron chi connectivity index (χ2n) is 1.89. The zero-order chi connectivity index (χ0) is 9.14. The van der Waals surface area contributed by atoms with Gasteiger partial charge in [-0.15, -0.1) is 0 Å². The largest absolute Gasteiger partial charge is 0.707 e. The molecule has 1 aromatic rings. The molecule has 0 aromatic carbocycles. The minimum Gasteiger partial charge on any atom is -0.512 e. The summed E-state index contributed by atoms with van der Waals surface area (Å²) in [6.07, 6.45) is 0. The molecule has 0 bridgehead atoms. The van der Waals surface area contributed by atoms with E-state index in [0.717, 1.165) is 12.1 Å². The van der Waals surface area contributed by atoms with Crippen LogP contribution < -0.4 is 4.65 Å². The molecule has 0 atom stereocenters. The number of nitrogens with zero attached hydrogens (tertiary/aromatic N) is 1. The first-order chi connectivity index (χ1) is 5.58. The highest BCUT2D eigenvalue weighted by atomic mass is 19.1. The topological polar surface area (TPSA) is 62.6 Å². The number of rotatable bonds is 2. The molecule has 0 spiro atoms. The molecule has 4 nitrogen and oxygen atoms in total. The zero-order valence-corrected chi connectivity index (χ0v) is 5.74. The summed E-state index contributed by atoms with van der Waals surface area (Å²) in [6.45, 7) is 0. The minimum absolute atomic E-state index is 0.338. The molecule has 0 unspecified atom stereocenters. The molecule has 0 aliphatic rings. The number of pyridine rings is 1. The highest BCUT2D eigenvalue weighted by Crippen LogP contribution is 2.12. The van der Waals surface area contributed by atoms with Gasteiger partial charge in [0.2, 0.25) is 11.9 Å². The average molecular weight is 175 g/mol. The van der Waals surface area contributed by atoms with E-state index >= 15 is 0 Å². The van der Waals surface area contributed by atoms with Crippen molar-refractivity contribution in [3.63, 3.8) is 0 Å². The second-order valence-corrected chi connectivity index (χ2v) is 1.89. The minimum atomic E-state index is -2.11. The van der Waals surface area contributed by atoms with Crippen molar-refractivity contribution >= 4 is 7.32 Å². The molecule has 12 heavy (non-hydrogen) atoms. The summed E-state index contributed by atoms with van der Waals surface area (Å²) in [5.41, 5.74) is 0. The standard InChI is InChI=1S/C5H4BF2NO3/c7-4-1-3(12-6(10)11)2-5(8)9-4/h1-2,10-11H. The van der Waals surface area contributed by atoms with Gasteiger partial charge in [-0.25, -0.2) is 0 Å². The maximum atomic E-state index is 12.3. The molecule has 1 heterocycles. The summed E-state index contributed by atoms with van der Waals surface area (Å²) < 4.78 is 28.7. The average Bonchev–Trinajstić information content (AvgIpc) is 1.81. The van der Waals surface area contributed by atoms with Gasteiger partial charge in [0.25, 0.3) is 0 Å². The van der Waals surface area contributed by atoms with Gasteiger partial charge >= 0.3 is 7.32 Å². The maximum Gasteiger partial charge on any atom is 0.707 e. The Kier molecular flexibility index (Phi) is 2.56. The summed E-state index contributed by atoms with van der Waals surface area (Å²) in [6, 6.07) is 1.45. The van der Waals surface area contributed by atoms with Crippen molar-refractivity contribution in [3.8, 4) is 5.75 Å². The normalized spacial score (nSPS) is 9.67. The molecule has 7 heteroatoms. The van der Waals surface area contributed by atoms with Crippen LogP contribution in [-0.2, 0) is 0 Å². The fraction of sp³-hybridized carbons (Fsp3) is 0. The van der Waals surface area contributed by atoms with Gasteiger partial charge in [0, 0.05) is 12.1 Å². The van der Waals surface area contributed by atoms with E-state index in [2.05, 4.69) is 9.64 Å². The molecule has 0 saturated heterocycles. The molecule has 0 fully saturated rings. The summed E-state index contributed by atoms with van der Waals surface area (Å²) in [5.74, 6) is -2.52. The predicted octanol–water partition coefficient (Wildman–Crippen LogP) is -0.292. The predicted molar refractivity (Wildman–Crippen MR) is 35.0 cm³/mol. The molecule has 0 radical (unpaired) electrons. The van der Waals surface area contributed by atoms with Gasteiger partial charge in [-0.1, -0.05) is 0 Å². The number of halogens is 2. The fourth-order valence-electron chi connectivity index (χ4n) is 0.633. The Morgan fingerprint density at radius 3 is 2.17 bits per heavy atom. The molecule has 64 valence electrons. The third kappa shape index (κ3) is 2.44. The molecule has 0 amide bonds. The number of aromatic nitrogens is 1. The Balaban J connectivity index is 2.85. The molecule has 0 aliphatic heterocycles. The fourth-order valence-corrected chi connectivity index (χ4v) is 0.633. The van der Waals surface area contributed by atoms with E-state index < -0.39 is 19.2 Å². The van der Waals surface area contributed by atoms with Gasteiger partial charge in [-0.3, -0.25) is 0 Å². The third-order valence-corrected chi connectivity index (χ3v) is 0.978. The first kappa shape index (κ1) is 8.89. The summed E-state index contributed by atoms with van der Waals surface area (Å²) >= 11 is 0. The van der Waals surface area contributed by atoms with Crippen LogP contribution in [-0.4, -0.2) is 22.4 Å². The molecule has 0 saturated carbocycles. The summed E-state index contributed by atoms with van der Waals surface area (Å²) in [7, 11) is -2.11. The van der Waals surface area contributed by atoms with Crippen LogP contribution in [0.5, 0.6) is 5.75 Å². The molecular formula is C5H4BF2NO3. The lowest BCUT2D eigenvalue weighted by atomic mass is 10.2. The van der Waals surface area contributed by atoms with E-state index in [1.54, 1.807) is 0 Å². The van der Waals surface area contributed by atoms with E-state index in [4.69, 9.17) is 10.0 Å². The van der Waals surface area contributed by atoms with Crippen molar-refractivity contribution in [3.05, 3.63) is 24.0 Å². The van der Waals surface area contributed by atoms with Gasteiger partial charge in [-0.2, -0.15) is 13.8 Å².